The van der Waals surface area contributed by atoms with Gasteiger partial charge in [0.25, 0.3) is 0 Å². The van der Waals surface area contributed by atoms with E-state index in [0.717, 1.165) is 0 Å². The molecule has 0 saturated carbocycles. The Labute approximate surface area is 122 Å². The van der Waals surface area contributed by atoms with Gasteiger partial charge in [0, 0.05) is 13.0 Å². The lowest BCUT2D eigenvalue weighted by Crippen LogP contribution is -2.42. The van der Waals surface area contributed by atoms with Crippen molar-refractivity contribution >= 4 is 5.97 Å². The molecular weight excluding hydrogens is 282 g/mol. The number of aliphatic hydroxyl groups excluding tert-OH is 1. The SMILES string of the molecule is COC(=O)C1CCN(C2OC(CO)C3OC(C)(C)OC32)O1. The Morgan fingerprint density at radius 3 is 2.76 bits per heavy atom. The molecule has 0 aromatic carbocycles. The van der Waals surface area contributed by atoms with Crippen molar-refractivity contribution in [3.8, 4) is 0 Å². The van der Waals surface area contributed by atoms with Gasteiger partial charge in [-0.3, -0.25) is 4.84 Å². The van der Waals surface area contributed by atoms with Crippen LogP contribution in [-0.4, -0.2) is 72.8 Å². The molecule has 0 aromatic rings. The summed E-state index contributed by atoms with van der Waals surface area (Å²) in [5.41, 5.74) is 0. The quantitative estimate of drug-likeness (QED) is 0.692. The molecule has 0 aliphatic carbocycles. The molecule has 0 bridgehead atoms. The number of hydroxylamine groups is 2. The van der Waals surface area contributed by atoms with Gasteiger partial charge in [0.15, 0.2) is 18.1 Å². The summed E-state index contributed by atoms with van der Waals surface area (Å²) in [6.45, 7) is 4.00. The van der Waals surface area contributed by atoms with E-state index in [9.17, 15) is 9.90 Å². The number of hydrogen-bond donors (Lipinski definition) is 1. The fourth-order valence-electron chi connectivity index (χ4n) is 3.03. The highest BCUT2D eigenvalue weighted by Crippen LogP contribution is 2.40. The maximum absolute atomic E-state index is 11.5. The topological polar surface area (TPSA) is 86.7 Å². The summed E-state index contributed by atoms with van der Waals surface area (Å²) < 4.78 is 22.1. The van der Waals surface area contributed by atoms with Crippen molar-refractivity contribution in [2.45, 2.75) is 56.7 Å². The highest BCUT2D eigenvalue weighted by atomic mass is 16.8. The number of rotatable bonds is 3. The molecule has 0 spiro atoms. The van der Waals surface area contributed by atoms with Crippen LogP contribution in [0.15, 0.2) is 0 Å². The van der Waals surface area contributed by atoms with Gasteiger partial charge in [0.1, 0.15) is 18.3 Å². The first-order chi connectivity index (χ1) is 9.95. The van der Waals surface area contributed by atoms with Crippen LogP contribution in [0.1, 0.15) is 20.3 Å². The third-order valence-electron chi connectivity index (χ3n) is 3.93. The molecular formula is C13H21NO7. The molecule has 0 amide bonds. The minimum absolute atomic E-state index is 0.161. The van der Waals surface area contributed by atoms with Crippen LogP contribution in [-0.2, 0) is 28.6 Å². The maximum atomic E-state index is 11.5. The zero-order chi connectivity index (χ0) is 15.2. The van der Waals surface area contributed by atoms with Crippen LogP contribution in [0, 0.1) is 0 Å². The Morgan fingerprint density at radius 2 is 2.10 bits per heavy atom. The smallest absolute Gasteiger partial charge is 0.337 e. The van der Waals surface area contributed by atoms with E-state index in [1.807, 2.05) is 13.8 Å². The van der Waals surface area contributed by atoms with Gasteiger partial charge in [-0.1, -0.05) is 0 Å². The summed E-state index contributed by atoms with van der Waals surface area (Å²) >= 11 is 0. The van der Waals surface area contributed by atoms with E-state index in [1.165, 1.54) is 7.11 Å². The summed E-state index contributed by atoms with van der Waals surface area (Å²) in [6, 6.07) is 0. The van der Waals surface area contributed by atoms with E-state index in [4.69, 9.17) is 19.0 Å². The van der Waals surface area contributed by atoms with E-state index in [0.29, 0.717) is 13.0 Å². The molecule has 21 heavy (non-hydrogen) atoms. The molecule has 8 nitrogen and oxygen atoms in total. The van der Waals surface area contributed by atoms with Crippen molar-refractivity contribution in [1.82, 2.24) is 5.06 Å². The van der Waals surface area contributed by atoms with Crippen molar-refractivity contribution in [2.75, 3.05) is 20.3 Å². The number of fused-ring (bicyclic) bond motifs is 1. The van der Waals surface area contributed by atoms with E-state index >= 15 is 0 Å². The number of ether oxygens (including phenoxy) is 4. The monoisotopic (exact) mass is 303 g/mol. The van der Waals surface area contributed by atoms with E-state index in [-0.39, 0.29) is 18.8 Å². The second-order valence-corrected chi connectivity index (χ2v) is 5.86. The minimum atomic E-state index is -0.730. The summed E-state index contributed by atoms with van der Waals surface area (Å²) in [5.74, 6) is -1.14. The van der Waals surface area contributed by atoms with Crippen LogP contribution in [0.5, 0.6) is 0 Å². The first-order valence-electron chi connectivity index (χ1n) is 7.08. The highest BCUT2D eigenvalue weighted by Gasteiger charge is 2.57. The van der Waals surface area contributed by atoms with Crippen molar-refractivity contribution in [3.63, 3.8) is 0 Å². The Bertz CT molecular complexity index is 415. The normalized spacial score (nSPS) is 42.2. The van der Waals surface area contributed by atoms with Gasteiger partial charge in [-0.2, -0.15) is 5.06 Å². The number of nitrogens with zero attached hydrogens (tertiary/aromatic N) is 1. The number of hydrogen-bond acceptors (Lipinski definition) is 8. The van der Waals surface area contributed by atoms with Crippen molar-refractivity contribution in [3.05, 3.63) is 0 Å². The zero-order valence-electron chi connectivity index (χ0n) is 12.4. The lowest BCUT2D eigenvalue weighted by molar-refractivity contribution is -0.275. The standard InChI is InChI=1S/C13H21NO7/c1-13(2)19-9-8(6-15)18-11(10(9)20-13)14-5-4-7(21-14)12(16)17-3/h7-11,15H,4-6H2,1-3H3. The molecule has 3 rings (SSSR count). The first-order valence-corrected chi connectivity index (χ1v) is 7.08. The van der Waals surface area contributed by atoms with Gasteiger partial charge in [-0.25, -0.2) is 4.79 Å². The second-order valence-electron chi connectivity index (χ2n) is 5.86. The number of aliphatic hydroxyl groups is 1. The van der Waals surface area contributed by atoms with Crippen LogP contribution in [0.2, 0.25) is 0 Å². The second kappa shape index (κ2) is 5.45. The highest BCUT2D eigenvalue weighted by molar-refractivity contribution is 5.74. The largest absolute Gasteiger partial charge is 0.467 e. The average Bonchev–Trinajstić information content (AvgIpc) is 3.10. The van der Waals surface area contributed by atoms with Crippen LogP contribution in [0.3, 0.4) is 0 Å². The molecule has 0 aromatic heterocycles. The molecule has 3 aliphatic rings. The summed E-state index contributed by atoms with van der Waals surface area (Å²) in [6.07, 6.45) is -1.80. The lowest BCUT2D eigenvalue weighted by Gasteiger charge is -2.28. The molecule has 3 aliphatic heterocycles. The van der Waals surface area contributed by atoms with Gasteiger partial charge in [-0.05, 0) is 13.8 Å². The maximum Gasteiger partial charge on any atom is 0.337 e. The number of carbonyl (C=O) groups is 1. The molecule has 5 unspecified atom stereocenters. The van der Waals surface area contributed by atoms with E-state index in [2.05, 4.69) is 4.74 Å². The fourth-order valence-corrected chi connectivity index (χ4v) is 3.03. The first kappa shape index (κ1) is 15.1. The predicted octanol–water partition coefficient (Wildman–Crippen LogP) is -0.597. The summed E-state index contributed by atoms with van der Waals surface area (Å²) in [4.78, 5) is 17.1. The number of esters is 1. The molecule has 5 atom stereocenters. The van der Waals surface area contributed by atoms with Crippen molar-refractivity contribution < 1.29 is 33.7 Å². The van der Waals surface area contributed by atoms with Gasteiger partial charge < -0.3 is 24.1 Å². The van der Waals surface area contributed by atoms with Crippen LogP contribution in [0.25, 0.3) is 0 Å². The van der Waals surface area contributed by atoms with E-state index in [1.54, 1.807) is 5.06 Å². The molecule has 3 fully saturated rings. The van der Waals surface area contributed by atoms with Gasteiger partial charge in [0.05, 0.1) is 13.7 Å². The van der Waals surface area contributed by atoms with Crippen LogP contribution >= 0.6 is 0 Å². The van der Waals surface area contributed by atoms with Crippen molar-refractivity contribution in [1.29, 1.82) is 0 Å². The number of carbonyl (C=O) groups excluding carboxylic acids is 1. The predicted molar refractivity (Wildman–Crippen MR) is 67.8 cm³/mol. The molecule has 1 N–H and O–H groups in total. The minimum Gasteiger partial charge on any atom is -0.467 e. The van der Waals surface area contributed by atoms with Gasteiger partial charge >= 0.3 is 5.97 Å². The lowest BCUT2D eigenvalue weighted by atomic mass is 10.1. The Morgan fingerprint density at radius 1 is 1.38 bits per heavy atom. The zero-order valence-corrected chi connectivity index (χ0v) is 12.4. The average molecular weight is 303 g/mol. The van der Waals surface area contributed by atoms with Crippen LogP contribution in [0.4, 0.5) is 0 Å². The Kier molecular flexibility index (Phi) is 3.93. The Balaban J connectivity index is 1.70. The molecule has 8 heteroatoms. The molecule has 0 radical (unpaired) electrons. The molecule has 120 valence electrons. The van der Waals surface area contributed by atoms with Gasteiger partial charge in [0.2, 0.25) is 0 Å². The third kappa shape index (κ3) is 2.67. The van der Waals surface area contributed by atoms with E-state index < -0.39 is 30.2 Å². The molecule has 3 heterocycles. The Hall–Kier alpha value is -0.770. The summed E-state index contributed by atoms with van der Waals surface area (Å²) in [7, 11) is 1.33. The third-order valence-corrected chi connectivity index (χ3v) is 3.93. The molecule has 3 saturated heterocycles. The van der Waals surface area contributed by atoms with Crippen LogP contribution < -0.4 is 0 Å². The number of methoxy groups -OCH3 is 1. The van der Waals surface area contributed by atoms with Gasteiger partial charge in [-0.15, -0.1) is 0 Å². The summed E-state index contributed by atoms with van der Waals surface area (Å²) in [5, 5.41) is 11.0. The fraction of sp³-hybridized carbons (Fsp3) is 0.923. The van der Waals surface area contributed by atoms with Crippen molar-refractivity contribution in [2.24, 2.45) is 0 Å².